The number of hydrogen-bond donors (Lipinski definition) is 2. The molecule has 98 valence electrons. The second-order valence-electron chi connectivity index (χ2n) is 3.71. The SMILES string of the molecule is COc1ccc(Nc2cc(C(=O)O)ccn2)cc1Cl. The average molecular weight is 279 g/mol. The van der Waals surface area contributed by atoms with Gasteiger partial charge in [0.2, 0.25) is 0 Å². The van der Waals surface area contributed by atoms with Gasteiger partial charge < -0.3 is 15.2 Å². The van der Waals surface area contributed by atoms with Crippen LogP contribution in [0, 0.1) is 0 Å². The number of ether oxygens (including phenoxy) is 1. The maximum Gasteiger partial charge on any atom is 0.335 e. The highest BCUT2D eigenvalue weighted by Crippen LogP contribution is 2.28. The summed E-state index contributed by atoms with van der Waals surface area (Å²) < 4.78 is 5.05. The van der Waals surface area contributed by atoms with Gasteiger partial charge in [-0.25, -0.2) is 9.78 Å². The van der Waals surface area contributed by atoms with Gasteiger partial charge in [0.25, 0.3) is 0 Å². The Kier molecular flexibility index (Phi) is 3.87. The number of pyridine rings is 1. The molecule has 1 aromatic heterocycles. The van der Waals surface area contributed by atoms with E-state index in [0.29, 0.717) is 22.3 Å². The fourth-order valence-electron chi connectivity index (χ4n) is 1.52. The number of benzene rings is 1. The van der Waals surface area contributed by atoms with Crippen LogP contribution in [-0.2, 0) is 0 Å². The quantitative estimate of drug-likeness (QED) is 0.899. The van der Waals surface area contributed by atoms with E-state index >= 15 is 0 Å². The first kappa shape index (κ1) is 13.2. The molecule has 0 amide bonds. The van der Waals surface area contributed by atoms with Gasteiger partial charge in [-0.2, -0.15) is 0 Å². The lowest BCUT2D eigenvalue weighted by Gasteiger charge is -2.08. The number of methoxy groups -OCH3 is 1. The summed E-state index contributed by atoms with van der Waals surface area (Å²) in [7, 11) is 1.53. The molecule has 0 saturated carbocycles. The van der Waals surface area contributed by atoms with Crippen LogP contribution in [-0.4, -0.2) is 23.2 Å². The molecule has 19 heavy (non-hydrogen) atoms. The van der Waals surface area contributed by atoms with Crippen molar-refractivity contribution in [1.29, 1.82) is 0 Å². The number of carboxylic acid groups (broad SMARTS) is 1. The Labute approximate surface area is 114 Å². The molecule has 0 aliphatic carbocycles. The number of nitrogens with one attached hydrogen (secondary N) is 1. The maximum absolute atomic E-state index is 10.9. The Balaban J connectivity index is 2.23. The molecule has 6 heteroatoms. The largest absolute Gasteiger partial charge is 0.495 e. The Morgan fingerprint density at radius 2 is 2.16 bits per heavy atom. The van der Waals surface area contributed by atoms with Crippen molar-refractivity contribution in [3.05, 3.63) is 47.1 Å². The first-order valence-corrected chi connectivity index (χ1v) is 5.78. The lowest BCUT2D eigenvalue weighted by Crippen LogP contribution is -2.00. The fourth-order valence-corrected chi connectivity index (χ4v) is 1.78. The Bertz CT molecular complexity index is 617. The lowest BCUT2D eigenvalue weighted by molar-refractivity contribution is 0.0697. The predicted molar refractivity (Wildman–Crippen MR) is 72.5 cm³/mol. The number of carbonyl (C=O) groups is 1. The molecular formula is C13H11ClN2O3. The number of aromatic nitrogens is 1. The Morgan fingerprint density at radius 1 is 1.37 bits per heavy atom. The van der Waals surface area contributed by atoms with Gasteiger partial charge in [0.15, 0.2) is 0 Å². The molecule has 0 fully saturated rings. The third kappa shape index (κ3) is 3.14. The van der Waals surface area contributed by atoms with Crippen molar-refractivity contribution in [2.45, 2.75) is 0 Å². The summed E-state index contributed by atoms with van der Waals surface area (Å²) in [4.78, 5) is 14.9. The van der Waals surface area contributed by atoms with Gasteiger partial charge in [-0.05, 0) is 30.3 Å². The minimum atomic E-state index is -1.00. The number of halogens is 1. The summed E-state index contributed by atoms with van der Waals surface area (Å²) in [5.74, 6) is -0.00110. The Morgan fingerprint density at radius 3 is 2.79 bits per heavy atom. The number of anilines is 2. The van der Waals surface area contributed by atoms with Gasteiger partial charge in [-0.1, -0.05) is 11.6 Å². The van der Waals surface area contributed by atoms with Gasteiger partial charge >= 0.3 is 5.97 Å². The number of carboxylic acids is 1. The van der Waals surface area contributed by atoms with E-state index in [1.54, 1.807) is 18.2 Å². The molecule has 5 nitrogen and oxygen atoms in total. The second-order valence-corrected chi connectivity index (χ2v) is 4.12. The van der Waals surface area contributed by atoms with Crippen LogP contribution in [0.3, 0.4) is 0 Å². The molecule has 0 unspecified atom stereocenters. The minimum absolute atomic E-state index is 0.164. The molecule has 0 atom stereocenters. The molecule has 0 aliphatic heterocycles. The van der Waals surface area contributed by atoms with Crippen molar-refractivity contribution in [2.75, 3.05) is 12.4 Å². The molecule has 2 rings (SSSR count). The predicted octanol–water partition coefficient (Wildman–Crippen LogP) is 3.19. The first-order chi connectivity index (χ1) is 9.10. The fraction of sp³-hybridized carbons (Fsp3) is 0.0769. The van der Waals surface area contributed by atoms with Crippen LogP contribution in [0.5, 0.6) is 5.75 Å². The van der Waals surface area contributed by atoms with Gasteiger partial charge in [0.05, 0.1) is 17.7 Å². The third-order valence-electron chi connectivity index (χ3n) is 2.43. The number of nitrogens with zero attached hydrogens (tertiary/aromatic N) is 1. The van der Waals surface area contributed by atoms with E-state index in [9.17, 15) is 4.79 Å². The van der Waals surface area contributed by atoms with E-state index in [-0.39, 0.29) is 5.56 Å². The smallest absolute Gasteiger partial charge is 0.335 e. The monoisotopic (exact) mass is 278 g/mol. The zero-order valence-electron chi connectivity index (χ0n) is 10.1. The summed E-state index contributed by atoms with van der Waals surface area (Å²) in [6.45, 7) is 0. The Hall–Kier alpha value is -2.27. The van der Waals surface area contributed by atoms with E-state index in [2.05, 4.69) is 10.3 Å². The van der Waals surface area contributed by atoms with Crippen LogP contribution >= 0.6 is 11.6 Å². The van der Waals surface area contributed by atoms with Gasteiger partial charge in [0, 0.05) is 11.9 Å². The second kappa shape index (κ2) is 5.58. The molecule has 0 aliphatic rings. The zero-order valence-corrected chi connectivity index (χ0v) is 10.8. The van der Waals surface area contributed by atoms with Gasteiger partial charge in [-0.3, -0.25) is 0 Å². The van der Waals surface area contributed by atoms with E-state index in [1.165, 1.54) is 25.4 Å². The van der Waals surface area contributed by atoms with Crippen molar-refractivity contribution in [1.82, 2.24) is 4.98 Å². The van der Waals surface area contributed by atoms with E-state index in [0.717, 1.165) is 0 Å². The topological polar surface area (TPSA) is 71.5 Å². The molecule has 2 aromatic rings. The number of aromatic carboxylic acids is 1. The van der Waals surface area contributed by atoms with Crippen LogP contribution in [0.25, 0.3) is 0 Å². The van der Waals surface area contributed by atoms with E-state index in [1.807, 2.05) is 0 Å². The van der Waals surface area contributed by atoms with Crippen LogP contribution < -0.4 is 10.1 Å². The number of hydrogen-bond acceptors (Lipinski definition) is 4. The summed E-state index contributed by atoms with van der Waals surface area (Å²) in [5.41, 5.74) is 0.859. The highest BCUT2D eigenvalue weighted by Gasteiger charge is 2.06. The highest BCUT2D eigenvalue weighted by molar-refractivity contribution is 6.32. The lowest BCUT2D eigenvalue weighted by atomic mass is 10.2. The van der Waals surface area contributed by atoms with Crippen molar-refractivity contribution in [3.63, 3.8) is 0 Å². The molecule has 1 aromatic carbocycles. The average Bonchev–Trinajstić information content (AvgIpc) is 2.39. The van der Waals surface area contributed by atoms with Gasteiger partial charge in [0.1, 0.15) is 11.6 Å². The molecule has 0 spiro atoms. The molecule has 0 radical (unpaired) electrons. The number of rotatable bonds is 4. The van der Waals surface area contributed by atoms with Crippen molar-refractivity contribution < 1.29 is 14.6 Å². The molecular weight excluding hydrogens is 268 g/mol. The maximum atomic E-state index is 10.9. The van der Waals surface area contributed by atoms with Gasteiger partial charge in [-0.15, -0.1) is 0 Å². The summed E-state index contributed by atoms with van der Waals surface area (Å²) >= 11 is 6.00. The van der Waals surface area contributed by atoms with Crippen LogP contribution in [0.2, 0.25) is 5.02 Å². The minimum Gasteiger partial charge on any atom is -0.495 e. The summed E-state index contributed by atoms with van der Waals surface area (Å²) in [5, 5.41) is 12.3. The van der Waals surface area contributed by atoms with Crippen molar-refractivity contribution >= 4 is 29.1 Å². The normalized spacial score (nSPS) is 10.0. The summed E-state index contributed by atoms with van der Waals surface area (Å²) in [6, 6.07) is 8.02. The first-order valence-electron chi connectivity index (χ1n) is 5.40. The summed E-state index contributed by atoms with van der Waals surface area (Å²) in [6.07, 6.45) is 1.43. The highest BCUT2D eigenvalue weighted by atomic mass is 35.5. The van der Waals surface area contributed by atoms with Crippen LogP contribution in [0.4, 0.5) is 11.5 Å². The molecule has 0 saturated heterocycles. The van der Waals surface area contributed by atoms with Crippen molar-refractivity contribution in [3.8, 4) is 5.75 Å². The van der Waals surface area contributed by atoms with Crippen LogP contribution in [0.15, 0.2) is 36.5 Å². The van der Waals surface area contributed by atoms with Crippen molar-refractivity contribution in [2.24, 2.45) is 0 Å². The van der Waals surface area contributed by atoms with Crippen LogP contribution in [0.1, 0.15) is 10.4 Å². The molecule has 2 N–H and O–H groups in total. The third-order valence-corrected chi connectivity index (χ3v) is 2.73. The standard InChI is InChI=1S/C13H11ClN2O3/c1-19-11-3-2-9(7-10(11)14)16-12-6-8(13(17)18)4-5-15-12/h2-7H,1H3,(H,15,16)(H,17,18). The molecule has 1 heterocycles. The van der Waals surface area contributed by atoms with E-state index < -0.39 is 5.97 Å². The van der Waals surface area contributed by atoms with E-state index in [4.69, 9.17) is 21.4 Å². The zero-order chi connectivity index (χ0) is 13.8. The molecule has 0 bridgehead atoms.